The van der Waals surface area contributed by atoms with E-state index >= 15 is 0 Å². The summed E-state index contributed by atoms with van der Waals surface area (Å²) in [5.74, 6) is 1.38. The van der Waals surface area contributed by atoms with Crippen LogP contribution in [0.25, 0.3) is 0 Å². The molecule has 174 valence electrons. The molecule has 1 aliphatic heterocycles. The van der Waals surface area contributed by atoms with Gasteiger partial charge in [0.25, 0.3) is 0 Å². The minimum atomic E-state index is -0.150. The molecular formula is C25H36FN5O. The van der Waals surface area contributed by atoms with E-state index in [1.807, 2.05) is 31.5 Å². The van der Waals surface area contributed by atoms with E-state index in [1.54, 1.807) is 6.07 Å². The predicted octanol–water partition coefficient (Wildman–Crippen LogP) is 3.76. The number of benzene rings is 1. The summed E-state index contributed by atoms with van der Waals surface area (Å²) >= 11 is 0. The second kappa shape index (κ2) is 9.69. The van der Waals surface area contributed by atoms with Gasteiger partial charge in [-0.1, -0.05) is 31.9 Å². The molecule has 2 fully saturated rings. The quantitative estimate of drug-likeness (QED) is 0.711. The fraction of sp³-hybridized carbons (Fsp3) is 0.640. The molecule has 1 saturated heterocycles. The monoisotopic (exact) mass is 441 g/mol. The zero-order chi connectivity index (χ0) is 22.7. The number of rotatable bonds is 7. The second-order valence-corrected chi connectivity index (χ2v) is 9.85. The Morgan fingerprint density at radius 2 is 1.97 bits per heavy atom. The van der Waals surface area contributed by atoms with Gasteiger partial charge in [-0.05, 0) is 57.2 Å². The minimum absolute atomic E-state index is 0.0699. The van der Waals surface area contributed by atoms with Gasteiger partial charge in [0.2, 0.25) is 5.91 Å². The van der Waals surface area contributed by atoms with Crippen LogP contribution in [0.15, 0.2) is 24.3 Å². The summed E-state index contributed by atoms with van der Waals surface area (Å²) in [6, 6.07) is 7.43. The molecule has 32 heavy (non-hydrogen) atoms. The average molecular weight is 442 g/mol. The van der Waals surface area contributed by atoms with Gasteiger partial charge in [-0.2, -0.15) is 5.10 Å². The number of carbonyl (C=O) groups is 1. The number of aryl methyl sites for hydroxylation is 2. The lowest BCUT2D eigenvalue weighted by atomic mass is 9.78. The summed E-state index contributed by atoms with van der Waals surface area (Å²) in [5, 5.41) is 7.62. The molecule has 2 aliphatic rings. The summed E-state index contributed by atoms with van der Waals surface area (Å²) in [5.41, 5.74) is 1.22. The summed E-state index contributed by atoms with van der Waals surface area (Å²) < 4.78 is 15.7. The zero-order valence-corrected chi connectivity index (χ0v) is 19.6. The molecule has 7 heteroatoms. The fourth-order valence-electron chi connectivity index (χ4n) is 5.49. The molecule has 1 N–H and O–H groups in total. The topological polar surface area (TPSA) is 63.1 Å². The van der Waals surface area contributed by atoms with Crippen molar-refractivity contribution >= 4 is 5.91 Å². The number of nitrogens with zero attached hydrogens (tertiary/aromatic N) is 4. The molecule has 0 radical (unpaired) electrons. The van der Waals surface area contributed by atoms with E-state index in [0.717, 1.165) is 62.5 Å². The molecule has 0 bridgehead atoms. The highest BCUT2D eigenvalue weighted by atomic mass is 19.1. The van der Waals surface area contributed by atoms with Crippen LogP contribution < -0.4 is 5.32 Å². The molecule has 1 unspecified atom stereocenters. The maximum absolute atomic E-state index is 13.9. The normalized spacial score (nSPS) is 20.4. The van der Waals surface area contributed by atoms with Crippen LogP contribution in [0.5, 0.6) is 0 Å². The van der Waals surface area contributed by atoms with Gasteiger partial charge >= 0.3 is 0 Å². The van der Waals surface area contributed by atoms with Crippen molar-refractivity contribution in [3.63, 3.8) is 0 Å². The first-order valence-electron chi connectivity index (χ1n) is 12.0. The van der Waals surface area contributed by atoms with Crippen LogP contribution in [0, 0.1) is 25.6 Å². The van der Waals surface area contributed by atoms with Crippen LogP contribution >= 0.6 is 0 Å². The second-order valence-electron chi connectivity index (χ2n) is 9.85. The van der Waals surface area contributed by atoms with Crippen molar-refractivity contribution in [3.8, 4) is 0 Å². The predicted molar refractivity (Wildman–Crippen MR) is 123 cm³/mol. The number of piperidine rings is 1. The first kappa shape index (κ1) is 22.9. The number of halogens is 1. The molecule has 0 spiro atoms. The lowest BCUT2D eigenvalue weighted by molar-refractivity contribution is -0.126. The first-order valence-corrected chi connectivity index (χ1v) is 12.0. The molecule has 2 heterocycles. The van der Waals surface area contributed by atoms with Crippen molar-refractivity contribution in [3.05, 3.63) is 47.3 Å². The van der Waals surface area contributed by atoms with Crippen LogP contribution in [-0.2, 0) is 16.8 Å². The highest BCUT2D eigenvalue weighted by molar-refractivity contribution is 5.78. The molecule has 6 nitrogen and oxygen atoms in total. The van der Waals surface area contributed by atoms with Crippen LogP contribution in [0.2, 0.25) is 0 Å². The van der Waals surface area contributed by atoms with E-state index in [0.29, 0.717) is 6.54 Å². The Balaban J connectivity index is 1.29. The zero-order valence-electron chi connectivity index (χ0n) is 19.6. The molecule has 1 aromatic carbocycles. The van der Waals surface area contributed by atoms with E-state index in [9.17, 15) is 9.18 Å². The van der Waals surface area contributed by atoms with Crippen LogP contribution in [0.1, 0.15) is 62.7 Å². The van der Waals surface area contributed by atoms with Crippen molar-refractivity contribution in [2.45, 2.75) is 77.3 Å². The van der Waals surface area contributed by atoms with Crippen molar-refractivity contribution in [2.24, 2.45) is 5.92 Å². The molecule has 1 saturated carbocycles. The van der Waals surface area contributed by atoms with E-state index in [-0.39, 0.29) is 29.1 Å². The Morgan fingerprint density at radius 1 is 1.25 bits per heavy atom. The van der Waals surface area contributed by atoms with Gasteiger partial charge in [0.1, 0.15) is 17.5 Å². The number of likely N-dealkylation sites (tertiary alicyclic amines) is 1. The van der Waals surface area contributed by atoms with Gasteiger partial charge in [0.15, 0.2) is 0 Å². The molecule has 1 aliphatic carbocycles. The lowest BCUT2D eigenvalue weighted by Gasteiger charge is -2.40. The maximum atomic E-state index is 13.9. The number of amides is 1. The lowest BCUT2D eigenvalue weighted by Crippen LogP contribution is -2.49. The standard InChI is InChI=1S/C25H36FN5O/c1-18(16-31-20(3)27-19(2)29-31)24(32)28-23-9-13-30(14-10-23)17-25(11-4-5-12-25)21-7-6-8-22(26)15-21/h6-8,15,18,23H,4-5,9-14,16-17H2,1-3H3,(H,28,32). The molecule has 2 aromatic rings. The van der Waals surface area contributed by atoms with E-state index in [2.05, 4.69) is 26.4 Å². The smallest absolute Gasteiger partial charge is 0.224 e. The van der Waals surface area contributed by atoms with Gasteiger partial charge in [-0.15, -0.1) is 0 Å². The number of hydrogen-bond donors (Lipinski definition) is 1. The Morgan fingerprint density at radius 3 is 2.59 bits per heavy atom. The Bertz CT molecular complexity index is 928. The first-order chi connectivity index (χ1) is 15.3. The molecule has 1 amide bonds. The van der Waals surface area contributed by atoms with Gasteiger partial charge in [0.05, 0.1) is 12.5 Å². The molecular weight excluding hydrogens is 405 g/mol. The van der Waals surface area contributed by atoms with E-state index in [1.165, 1.54) is 18.9 Å². The van der Waals surface area contributed by atoms with Gasteiger partial charge in [-0.3, -0.25) is 4.79 Å². The third-order valence-corrected chi connectivity index (χ3v) is 7.31. The van der Waals surface area contributed by atoms with Crippen LogP contribution in [0.4, 0.5) is 4.39 Å². The third kappa shape index (κ3) is 5.20. The maximum Gasteiger partial charge on any atom is 0.224 e. The third-order valence-electron chi connectivity index (χ3n) is 7.31. The number of hydrogen-bond acceptors (Lipinski definition) is 4. The Labute approximate surface area is 190 Å². The summed E-state index contributed by atoms with van der Waals surface area (Å²) in [6.45, 7) is 9.21. The van der Waals surface area contributed by atoms with Gasteiger partial charge in [-0.25, -0.2) is 14.1 Å². The van der Waals surface area contributed by atoms with Crippen molar-refractivity contribution in [1.29, 1.82) is 0 Å². The van der Waals surface area contributed by atoms with Gasteiger partial charge in [0, 0.05) is 31.1 Å². The summed E-state index contributed by atoms with van der Waals surface area (Å²) in [7, 11) is 0. The summed E-state index contributed by atoms with van der Waals surface area (Å²) in [6.07, 6.45) is 6.60. The molecule has 1 atom stereocenters. The van der Waals surface area contributed by atoms with Crippen molar-refractivity contribution in [2.75, 3.05) is 19.6 Å². The number of carbonyl (C=O) groups excluding carboxylic acids is 1. The Hall–Kier alpha value is -2.28. The number of aromatic nitrogens is 3. The SMILES string of the molecule is Cc1nc(C)n(CC(C)C(=O)NC2CCN(CC3(c4cccc(F)c4)CCCC3)CC2)n1. The van der Waals surface area contributed by atoms with Crippen LogP contribution in [0.3, 0.4) is 0 Å². The Kier molecular flexibility index (Phi) is 6.93. The van der Waals surface area contributed by atoms with Gasteiger partial charge < -0.3 is 10.2 Å². The minimum Gasteiger partial charge on any atom is -0.353 e. The highest BCUT2D eigenvalue weighted by Crippen LogP contribution is 2.42. The van der Waals surface area contributed by atoms with Crippen LogP contribution in [-0.4, -0.2) is 51.2 Å². The van der Waals surface area contributed by atoms with E-state index in [4.69, 9.17) is 0 Å². The highest BCUT2D eigenvalue weighted by Gasteiger charge is 2.38. The fourth-order valence-corrected chi connectivity index (χ4v) is 5.49. The average Bonchev–Trinajstić information content (AvgIpc) is 3.36. The molecule has 1 aromatic heterocycles. The van der Waals surface area contributed by atoms with Crippen molar-refractivity contribution in [1.82, 2.24) is 25.0 Å². The number of nitrogens with one attached hydrogen (secondary N) is 1. The van der Waals surface area contributed by atoms with E-state index < -0.39 is 0 Å². The molecule has 4 rings (SSSR count). The summed E-state index contributed by atoms with van der Waals surface area (Å²) in [4.78, 5) is 19.6. The largest absolute Gasteiger partial charge is 0.353 e. The van der Waals surface area contributed by atoms with Crippen molar-refractivity contribution < 1.29 is 9.18 Å².